The standard InChI is InChI=1S/C62H55BN2/c1-59(2)31-32-60(3,4)48-36-53-49(35-47(48)59)62(7,8)46-27-18-28-51-58(46)64(53)54-37-50-55(43-25-15-16-26-45(43)61(50,5)6)56-44-34-41(39-21-13-10-14-22-39)29-30-52(44)65(63(51)57(54)56)42-24-17-23-40(33-42)38-19-11-9-12-20-38/h9-30,33-37H,31-32H2,1-8H3. The van der Waals surface area contributed by atoms with Gasteiger partial charge in [-0.05, 0) is 143 Å². The Hall–Kier alpha value is -6.58. The molecule has 0 saturated carbocycles. The number of hydrogen-bond acceptors (Lipinski definition) is 2. The van der Waals surface area contributed by atoms with Gasteiger partial charge in [0.25, 0.3) is 0 Å². The zero-order chi connectivity index (χ0) is 44.4. The minimum Gasteiger partial charge on any atom is -0.376 e. The van der Waals surface area contributed by atoms with Crippen molar-refractivity contribution in [2.45, 2.75) is 89.9 Å². The van der Waals surface area contributed by atoms with Gasteiger partial charge in [-0.1, -0.05) is 183 Å². The molecule has 3 heterocycles. The second-order valence-corrected chi connectivity index (χ2v) is 22.0. The molecule has 0 radical (unpaired) electrons. The normalized spacial score (nSPS) is 17.8. The molecule has 2 nitrogen and oxygen atoms in total. The minimum absolute atomic E-state index is 0.0660. The van der Waals surface area contributed by atoms with Gasteiger partial charge in [0.05, 0.1) is 5.69 Å². The van der Waals surface area contributed by atoms with E-state index >= 15 is 0 Å². The van der Waals surface area contributed by atoms with Crippen molar-refractivity contribution in [3.8, 4) is 44.5 Å². The maximum atomic E-state index is 2.75. The van der Waals surface area contributed by atoms with Gasteiger partial charge in [0, 0.05) is 39.1 Å². The fourth-order valence-electron chi connectivity index (χ4n) is 13.0. The molecule has 2 aliphatic carbocycles. The Kier molecular flexibility index (Phi) is 7.79. The first kappa shape index (κ1) is 38.8. The molecule has 3 heteroatoms. The molecule has 5 aliphatic rings. The Balaban J connectivity index is 1.19. The number of nitrogens with zero attached hydrogens (tertiary/aromatic N) is 2. The lowest BCUT2D eigenvalue weighted by atomic mass is 9.42. The molecular weight excluding hydrogens is 784 g/mol. The molecule has 8 aromatic rings. The first-order chi connectivity index (χ1) is 31.3. The Labute approximate surface area is 385 Å². The average molecular weight is 839 g/mol. The van der Waals surface area contributed by atoms with Crippen molar-refractivity contribution in [1.29, 1.82) is 0 Å². The van der Waals surface area contributed by atoms with Gasteiger partial charge >= 0.3 is 6.85 Å². The first-order valence-electron chi connectivity index (χ1n) is 23.8. The van der Waals surface area contributed by atoms with Crippen LogP contribution in [0.1, 0.15) is 102 Å². The Morgan fingerprint density at radius 3 is 1.71 bits per heavy atom. The van der Waals surface area contributed by atoms with Gasteiger partial charge in [-0.25, -0.2) is 0 Å². The maximum absolute atomic E-state index is 2.75. The number of fused-ring (bicyclic) bond motifs is 11. The van der Waals surface area contributed by atoms with E-state index in [1.165, 1.54) is 130 Å². The van der Waals surface area contributed by atoms with Crippen molar-refractivity contribution < 1.29 is 0 Å². The third-order valence-electron chi connectivity index (χ3n) is 16.7. The summed E-state index contributed by atoms with van der Waals surface area (Å²) in [7, 11) is 0. The smallest absolute Gasteiger partial charge is 0.333 e. The van der Waals surface area contributed by atoms with Crippen LogP contribution in [-0.2, 0) is 21.7 Å². The number of hydrogen-bond donors (Lipinski definition) is 0. The van der Waals surface area contributed by atoms with E-state index in [-0.39, 0.29) is 28.5 Å². The van der Waals surface area contributed by atoms with Crippen LogP contribution in [0.4, 0.5) is 28.4 Å². The van der Waals surface area contributed by atoms with Crippen LogP contribution in [0.2, 0.25) is 0 Å². The van der Waals surface area contributed by atoms with E-state index < -0.39 is 0 Å². The lowest BCUT2D eigenvalue weighted by Gasteiger charge is -2.52. The number of para-hydroxylation sites is 1. The summed E-state index contributed by atoms with van der Waals surface area (Å²) in [5, 5.41) is 0. The van der Waals surface area contributed by atoms with E-state index in [1.54, 1.807) is 0 Å². The second-order valence-electron chi connectivity index (χ2n) is 22.0. The van der Waals surface area contributed by atoms with Crippen LogP contribution in [0.5, 0.6) is 0 Å². The van der Waals surface area contributed by atoms with Crippen LogP contribution in [0.25, 0.3) is 44.5 Å². The van der Waals surface area contributed by atoms with Crippen molar-refractivity contribution in [3.63, 3.8) is 0 Å². The summed E-state index contributed by atoms with van der Waals surface area (Å²) < 4.78 is 0. The van der Waals surface area contributed by atoms with Crippen LogP contribution in [0.3, 0.4) is 0 Å². The van der Waals surface area contributed by atoms with E-state index in [0.717, 1.165) is 0 Å². The molecule has 3 aliphatic heterocycles. The van der Waals surface area contributed by atoms with E-state index in [1.807, 2.05) is 0 Å². The number of benzene rings is 8. The highest BCUT2D eigenvalue weighted by atomic mass is 15.2. The molecule has 0 amide bonds. The predicted molar refractivity (Wildman–Crippen MR) is 276 cm³/mol. The van der Waals surface area contributed by atoms with E-state index in [2.05, 4.69) is 229 Å². The third kappa shape index (κ3) is 5.19. The van der Waals surface area contributed by atoms with Gasteiger partial charge in [-0.3, -0.25) is 0 Å². The highest BCUT2D eigenvalue weighted by Gasteiger charge is 2.53. The van der Waals surface area contributed by atoms with Gasteiger partial charge in [-0.15, -0.1) is 0 Å². The summed E-state index contributed by atoms with van der Waals surface area (Å²) in [6.07, 6.45) is 2.37. The molecule has 0 unspecified atom stereocenters. The van der Waals surface area contributed by atoms with Gasteiger partial charge in [0.15, 0.2) is 0 Å². The zero-order valence-corrected chi connectivity index (χ0v) is 39.0. The molecule has 13 rings (SSSR count). The summed E-state index contributed by atoms with van der Waals surface area (Å²) in [5.74, 6) is 0. The largest absolute Gasteiger partial charge is 0.376 e. The van der Waals surface area contributed by atoms with Crippen molar-refractivity contribution >= 4 is 46.2 Å². The maximum Gasteiger partial charge on any atom is 0.333 e. The molecule has 0 aromatic heterocycles. The number of anilines is 5. The quantitative estimate of drug-likeness (QED) is 0.164. The molecule has 0 N–H and O–H groups in total. The number of rotatable bonds is 3. The Morgan fingerprint density at radius 2 is 0.985 bits per heavy atom. The van der Waals surface area contributed by atoms with Crippen LogP contribution in [0, 0.1) is 0 Å². The predicted octanol–water partition coefficient (Wildman–Crippen LogP) is 15.0. The summed E-state index contributed by atoms with van der Waals surface area (Å²) in [5.41, 5.74) is 27.9. The molecule has 0 fully saturated rings. The summed E-state index contributed by atoms with van der Waals surface area (Å²) >= 11 is 0. The molecular formula is C62H55BN2. The molecule has 0 spiro atoms. The molecule has 8 aromatic carbocycles. The van der Waals surface area contributed by atoms with Gasteiger partial charge in [0.2, 0.25) is 0 Å². The average Bonchev–Trinajstić information content (AvgIpc) is 3.55. The van der Waals surface area contributed by atoms with E-state index in [9.17, 15) is 0 Å². The van der Waals surface area contributed by atoms with Crippen LogP contribution >= 0.6 is 0 Å². The highest BCUT2D eigenvalue weighted by molar-refractivity contribution is 6.94. The van der Waals surface area contributed by atoms with Gasteiger partial charge in [0.1, 0.15) is 0 Å². The van der Waals surface area contributed by atoms with Crippen molar-refractivity contribution in [2.24, 2.45) is 0 Å². The highest BCUT2D eigenvalue weighted by Crippen LogP contribution is 2.61. The van der Waals surface area contributed by atoms with Crippen molar-refractivity contribution in [3.05, 3.63) is 197 Å². The molecule has 0 atom stereocenters. The molecule has 316 valence electrons. The van der Waals surface area contributed by atoms with Crippen LogP contribution in [-0.4, -0.2) is 6.85 Å². The summed E-state index contributed by atoms with van der Waals surface area (Å²) in [6.45, 7) is 19.7. The molecule has 0 bridgehead atoms. The first-order valence-corrected chi connectivity index (χ1v) is 23.8. The van der Waals surface area contributed by atoms with E-state index in [0.29, 0.717) is 0 Å². The minimum atomic E-state index is -0.230. The SMILES string of the molecule is CC1(C)CCC(C)(C)c2cc3c(cc21)N1c2cc4c(c5c2B(c2cccc(c21)C3(C)C)N(c1cccc(-c2ccccc2)c1)c1ccc(-c2ccccc2)cc1-5)-c1ccccc1C4(C)C. The lowest BCUT2D eigenvalue weighted by Crippen LogP contribution is -2.62. The second kappa shape index (κ2) is 13.0. The van der Waals surface area contributed by atoms with Crippen molar-refractivity contribution in [2.75, 3.05) is 9.71 Å². The Morgan fingerprint density at radius 1 is 0.400 bits per heavy atom. The zero-order valence-electron chi connectivity index (χ0n) is 39.0. The van der Waals surface area contributed by atoms with Crippen LogP contribution in [0.15, 0.2) is 164 Å². The molecule has 0 saturated heterocycles. The lowest BCUT2D eigenvalue weighted by molar-refractivity contribution is 0.331. The monoisotopic (exact) mass is 838 g/mol. The van der Waals surface area contributed by atoms with Gasteiger partial charge in [-0.2, -0.15) is 0 Å². The Bertz CT molecular complexity index is 3340. The third-order valence-corrected chi connectivity index (χ3v) is 16.7. The van der Waals surface area contributed by atoms with E-state index in [4.69, 9.17) is 0 Å². The fraction of sp³-hybridized carbons (Fsp3) is 0.226. The molecule has 65 heavy (non-hydrogen) atoms. The van der Waals surface area contributed by atoms with Gasteiger partial charge < -0.3 is 9.71 Å². The van der Waals surface area contributed by atoms with Crippen molar-refractivity contribution in [1.82, 2.24) is 0 Å². The van der Waals surface area contributed by atoms with Crippen LogP contribution < -0.4 is 20.6 Å². The summed E-state index contributed by atoms with van der Waals surface area (Å²) in [4.78, 5) is 5.46. The summed E-state index contributed by atoms with van der Waals surface area (Å²) in [6, 6.07) is 62.9. The topological polar surface area (TPSA) is 6.48 Å². The fourth-order valence-corrected chi connectivity index (χ4v) is 13.0.